The molecule has 0 aliphatic rings. The van der Waals surface area contributed by atoms with Crippen LogP contribution < -0.4 is 9.47 Å². The summed E-state index contributed by atoms with van der Waals surface area (Å²) in [5.74, 6) is -0.390. The van der Waals surface area contributed by atoms with Gasteiger partial charge in [-0.1, -0.05) is 29.8 Å². The minimum absolute atomic E-state index is 0.0586. The van der Waals surface area contributed by atoms with E-state index in [-0.39, 0.29) is 35.9 Å². The molecule has 0 aliphatic carbocycles. The normalized spacial score (nSPS) is 10.5. The number of aryl methyl sites for hydroxylation is 1. The number of Topliss-reactive ketones (excluding diaryl/α,β-unsaturated/α-hetero) is 1. The van der Waals surface area contributed by atoms with Gasteiger partial charge in [-0.25, -0.2) is 9.59 Å². The molecular weight excluding hydrogens is 432 g/mol. The van der Waals surface area contributed by atoms with E-state index in [2.05, 4.69) is 9.47 Å². The zero-order valence-corrected chi connectivity index (χ0v) is 19.4. The molecule has 9 nitrogen and oxygen atoms in total. The molecule has 0 unspecified atom stereocenters. The zero-order valence-electron chi connectivity index (χ0n) is 19.4. The molecule has 178 valence electrons. The van der Waals surface area contributed by atoms with Crippen LogP contribution in [0, 0.1) is 6.92 Å². The third-order valence-corrected chi connectivity index (χ3v) is 4.67. The van der Waals surface area contributed by atoms with E-state index in [9.17, 15) is 14.4 Å². The Bertz CT molecular complexity index is 998. The van der Waals surface area contributed by atoms with Crippen LogP contribution in [0.15, 0.2) is 30.3 Å². The van der Waals surface area contributed by atoms with Gasteiger partial charge in [0, 0.05) is 18.7 Å². The number of ether oxygens (including phenoxy) is 6. The van der Waals surface area contributed by atoms with Crippen molar-refractivity contribution in [3.8, 4) is 22.6 Å². The van der Waals surface area contributed by atoms with E-state index in [1.165, 1.54) is 20.1 Å². The maximum Gasteiger partial charge on any atom is 0.513 e. The molecule has 0 atom stereocenters. The first kappa shape index (κ1) is 25.8. The minimum atomic E-state index is -1.02. The lowest BCUT2D eigenvalue weighted by Crippen LogP contribution is -2.16. The maximum absolute atomic E-state index is 12.7. The van der Waals surface area contributed by atoms with E-state index in [1.807, 2.05) is 31.2 Å². The van der Waals surface area contributed by atoms with Crippen molar-refractivity contribution in [2.75, 3.05) is 41.2 Å². The minimum Gasteiger partial charge on any atom is -0.437 e. The second-order valence-electron chi connectivity index (χ2n) is 6.99. The summed E-state index contributed by atoms with van der Waals surface area (Å²) in [6.07, 6.45) is -1.73. The van der Waals surface area contributed by atoms with Crippen molar-refractivity contribution in [2.45, 2.75) is 20.3 Å². The summed E-state index contributed by atoms with van der Waals surface area (Å²) in [5.41, 5.74) is 2.79. The molecule has 0 aromatic heterocycles. The Labute approximate surface area is 192 Å². The van der Waals surface area contributed by atoms with Crippen molar-refractivity contribution < 1.29 is 42.8 Å². The average Bonchev–Trinajstić information content (AvgIpc) is 2.78. The number of hydrogen-bond donors (Lipinski definition) is 0. The average molecular weight is 460 g/mol. The summed E-state index contributed by atoms with van der Waals surface area (Å²) in [6.45, 7) is 4.28. The van der Waals surface area contributed by atoms with Gasteiger partial charge >= 0.3 is 12.3 Å². The van der Waals surface area contributed by atoms with E-state index in [1.54, 1.807) is 7.11 Å². The van der Waals surface area contributed by atoms with Crippen molar-refractivity contribution in [2.24, 2.45) is 0 Å². The highest BCUT2D eigenvalue weighted by atomic mass is 16.7. The SMILES string of the molecule is COCCOCCc1c(C(C)=O)c(OC(=O)OC)cc(OC(=O)OC)c1-c1cccc(C)c1. The van der Waals surface area contributed by atoms with Gasteiger partial charge < -0.3 is 28.4 Å². The van der Waals surface area contributed by atoms with Gasteiger partial charge in [-0.2, -0.15) is 0 Å². The fraction of sp³-hybridized carbons (Fsp3) is 0.375. The van der Waals surface area contributed by atoms with Crippen molar-refractivity contribution in [3.63, 3.8) is 0 Å². The molecule has 0 heterocycles. The molecule has 0 saturated carbocycles. The Kier molecular flexibility index (Phi) is 9.84. The molecule has 0 aliphatic heterocycles. The number of benzene rings is 2. The van der Waals surface area contributed by atoms with Crippen LogP contribution in [0.2, 0.25) is 0 Å². The van der Waals surface area contributed by atoms with Gasteiger partial charge in [-0.05, 0) is 31.4 Å². The summed E-state index contributed by atoms with van der Waals surface area (Å²) < 4.78 is 30.5. The lowest BCUT2D eigenvalue weighted by atomic mass is 9.89. The fourth-order valence-corrected chi connectivity index (χ4v) is 3.28. The Morgan fingerprint density at radius 1 is 0.848 bits per heavy atom. The molecule has 0 fully saturated rings. The molecule has 9 heteroatoms. The molecule has 0 saturated heterocycles. The predicted molar refractivity (Wildman–Crippen MR) is 119 cm³/mol. The Morgan fingerprint density at radius 2 is 1.52 bits per heavy atom. The Morgan fingerprint density at radius 3 is 2.09 bits per heavy atom. The van der Waals surface area contributed by atoms with Gasteiger partial charge in [0.1, 0.15) is 11.5 Å². The van der Waals surface area contributed by atoms with E-state index in [4.69, 9.17) is 18.9 Å². The van der Waals surface area contributed by atoms with Crippen LogP contribution in [0.5, 0.6) is 11.5 Å². The van der Waals surface area contributed by atoms with Crippen LogP contribution in [-0.2, 0) is 25.4 Å². The predicted octanol–water partition coefficient (Wildman–Crippen LogP) is 4.36. The Hall–Kier alpha value is -3.43. The smallest absolute Gasteiger partial charge is 0.437 e. The third-order valence-electron chi connectivity index (χ3n) is 4.67. The Balaban J connectivity index is 2.76. The standard InChI is InChI=1S/C24H28O9/c1-15-7-6-8-17(13-15)22-18(9-10-31-12-11-28-3)21(16(2)25)19(32-23(26)29-4)14-20(22)33-24(27)30-5/h6-8,13-14H,9-12H2,1-5H3. The van der Waals surface area contributed by atoms with Crippen LogP contribution in [0.25, 0.3) is 11.1 Å². The summed E-state index contributed by atoms with van der Waals surface area (Å²) >= 11 is 0. The van der Waals surface area contributed by atoms with E-state index < -0.39 is 12.3 Å². The number of carbonyl (C=O) groups excluding carboxylic acids is 3. The molecule has 2 rings (SSSR count). The third kappa shape index (κ3) is 7.03. The number of ketones is 1. The topological polar surface area (TPSA) is 107 Å². The molecule has 0 N–H and O–H groups in total. The quantitative estimate of drug-likeness (QED) is 0.221. The van der Waals surface area contributed by atoms with Gasteiger partial charge in [-0.15, -0.1) is 0 Å². The molecule has 2 aromatic rings. The van der Waals surface area contributed by atoms with Crippen molar-refractivity contribution >= 4 is 18.1 Å². The van der Waals surface area contributed by atoms with Gasteiger partial charge in [0.25, 0.3) is 0 Å². The summed E-state index contributed by atoms with van der Waals surface area (Å²) in [7, 11) is 3.89. The van der Waals surface area contributed by atoms with Gasteiger partial charge in [0.05, 0.1) is 39.6 Å². The first-order chi connectivity index (χ1) is 15.8. The van der Waals surface area contributed by atoms with Crippen molar-refractivity contribution in [3.05, 3.63) is 47.0 Å². The summed E-state index contributed by atoms with van der Waals surface area (Å²) in [5, 5.41) is 0. The molecule has 2 aromatic carbocycles. The van der Waals surface area contributed by atoms with Crippen molar-refractivity contribution in [1.29, 1.82) is 0 Å². The highest BCUT2D eigenvalue weighted by molar-refractivity contribution is 6.02. The molecule has 0 amide bonds. The number of carbonyl (C=O) groups is 3. The summed E-state index contributed by atoms with van der Waals surface area (Å²) in [4.78, 5) is 36.6. The van der Waals surface area contributed by atoms with Gasteiger partial charge in [0.2, 0.25) is 0 Å². The van der Waals surface area contributed by atoms with Crippen LogP contribution >= 0.6 is 0 Å². The highest BCUT2D eigenvalue weighted by Crippen LogP contribution is 2.42. The number of hydrogen-bond acceptors (Lipinski definition) is 9. The van der Waals surface area contributed by atoms with Crippen molar-refractivity contribution in [1.82, 2.24) is 0 Å². The second-order valence-corrected chi connectivity index (χ2v) is 6.99. The molecule has 0 spiro atoms. The number of rotatable bonds is 10. The van der Waals surface area contributed by atoms with Gasteiger partial charge in [-0.3, -0.25) is 4.79 Å². The first-order valence-corrected chi connectivity index (χ1v) is 10.2. The van der Waals surface area contributed by atoms with E-state index >= 15 is 0 Å². The highest BCUT2D eigenvalue weighted by Gasteiger charge is 2.26. The lowest BCUT2D eigenvalue weighted by Gasteiger charge is -2.20. The first-order valence-electron chi connectivity index (χ1n) is 10.2. The lowest BCUT2D eigenvalue weighted by molar-refractivity contribution is 0.0721. The number of methoxy groups -OCH3 is 3. The second kappa shape index (κ2) is 12.6. The molecule has 0 bridgehead atoms. The molecule has 0 radical (unpaired) electrons. The van der Waals surface area contributed by atoms with Crippen LogP contribution in [0.1, 0.15) is 28.4 Å². The van der Waals surface area contributed by atoms with Crippen LogP contribution in [-0.4, -0.2) is 59.2 Å². The maximum atomic E-state index is 12.7. The monoisotopic (exact) mass is 460 g/mol. The van der Waals surface area contributed by atoms with Gasteiger partial charge in [0.15, 0.2) is 5.78 Å². The summed E-state index contributed by atoms with van der Waals surface area (Å²) in [6, 6.07) is 8.78. The fourth-order valence-electron chi connectivity index (χ4n) is 3.28. The largest absolute Gasteiger partial charge is 0.513 e. The molecule has 33 heavy (non-hydrogen) atoms. The molecular formula is C24H28O9. The zero-order chi connectivity index (χ0) is 24.4. The van der Waals surface area contributed by atoms with E-state index in [0.29, 0.717) is 29.9 Å². The van der Waals surface area contributed by atoms with Crippen LogP contribution in [0.4, 0.5) is 9.59 Å². The van der Waals surface area contributed by atoms with E-state index in [0.717, 1.165) is 12.7 Å². The van der Waals surface area contributed by atoms with Crippen LogP contribution in [0.3, 0.4) is 0 Å².